The van der Waals surface area contributed by atoms with Gasteiger partial charge in [0.1, 0.15) is 6.33 Å². The van der Waals surface area contributed by atoms with E-state index >= 15 is 0 Å². The molecule has 1 N–H and O–H groups in total. The lowest BCUT2D eigenvalue weighted by Crippen LogP contribution is -2.35. The molecule has 0 radical (unpaired) electrons. The maximum atomic E-state index is 12.4. The van der Waals surface area contributed by atoms with Gasteiger partial charge >= 0.3 is 11.7 Å². The highest BCUT2D eigenvalue weighted by Gasteiger charge is 2.23. The average molecular weight is 308 g/mol. The second-order valence-electron chi connectivity index (χ2n) is 6.11. The number of nitrogens with zero attached hydrogens (tertiary/aromatic N) is 3. The van der Waals surface area contributed by atoms with E-state index in [-0.39, 0.29) is 23.9 Å². The van der Waals surface area contributed by atoms with E-state index in [1.54, 1.807) is 20.8 Å². The first-order valence-electron chi connectivity index (χ1n) is 7.11. The Labute approximate surface area is 126 Å². The predicted molar refractivity (Wildman–Crippen MR) is 80.5 cm³/mol. The molecule has 0 aliphatic rings. The highest BCUT2D eigenvalue weighted by Crippen LogP contribution is 2.15. The van der Waals surface area contributed by atoms with Gasteiger partial charge in [0.25, 0.3) is 5.56 Å². The summed E-state index contributed by atoms with van der Waals surface area (Å²) in [6, 6.07) is 0. The number of esters is 1. The largest absolute Gasteiger partial charge is 0.443 e. The minimum atomic E-state index is -0.632. The second-order valence-corrected chi connectivity index (χ2v) is 6.11. The van der Waals surface area contributed by atoms with Gasteiger partial charge in [-0.25, -0.2) is 9.78 Å². The molecule has 2 heterocycles. The Hall–Kier alpha value is -2.38. The number of rotatable bonds is 4. The topological polar surface area (TPSA) is 99.0 Å². The van der Waals surface area contributed by atoms with E-state index < -0.39 is 16.7 Å². The molecule has 120 valence electrons. The summed E-state index contributed by atoms with van der Waals surface area (Å²) in [5, 5.41) is 0. The molecule has 0 amide bonds. The van der Waals surface area contributed by atoms with E-state index in [0.717, 1.165) is 4.57 Å². The summed E-state index contributed by atoms with van der Waals surface area (Å²) in [7, 11) is 0. The van der Waals surface area contributed by atoms with Crippen molar-refractivity contribution in [2.75, 3.05) is 0 Å². The monoisotopic (exact) mass is 308 g/mol. The summed E-state index contributed by atoms with van der Waals surface area (Å²) in [6.45, 7) is 7.29. The van der Waals surface area contributed by atoms with E-state index in [1.807, 2.05) is 6.92 Å². The summed E-state index contributed by atoms with van der Waals surface area (Å²) >= 11 is 0. The van der Waals surface area contributed by atoms with Gasteiger partial charge in [-0.2, -0.15) is 0 Å². The SMILES string of the molecule is CCCn1c(=O)[nH]c2ncn(COC(=O)C(C)(C)C)c2c1=O. The fraction of sp³-hybridized carbons (Fsp3) is 0.571. The smallest absolute Gasteiger partial charge is 0.330 e. The Morgan fingerprint density at radius 2 is 2.05 bits per heavy atom. The van der Waals surface area contributed by atoms with Crippen LogP contribution in [0, 0.1) is 5.41 Å². The number of hydrogen-bond acceptors (Lipinski definition) is 5. The van der Waals surface area contributed by atoms with Gasteiger partial charge in [0.05, 0.1) is 5.41 Å². The fourth-order valence-electron chi connectivity index (χ4n) is 1.96. The lowest BCUT2D eigenvalue weighted by Gasteiger charge is -2.16. The number of aromatic amines is 1. The Morgan fingerprint density at radius 3 is 2.64 bits per heavy atom. The highest BCUT2D eigenvalue weighted by atomic mass is 16.5. The molecule has 0 aliphatic carbocycles. The van der Waals surface area contributed by atoms with Gasteiger partial charge in [0, 0.05) is 6.54 Å². The molecule has 2 aromatic heterocycles. The van der Waals surface area contributed by atoms with Gasteiger partial charge < -0.3 is 4.74 Å². The number of H-pyrrole nitrogens is 1. The van der Waals surface area contributed by atoms with Crippen LogP contribution in [0.4, 0.5) is 0 Å². The van der Waals surface area contributed by atoms with Crippen molar-refractivity contribution in [3.8, 4) is 0 Å². The lowest BCUT2D eigenvalue weighted by atomic mass is 9.98. The van der Waals surface area contributed by atoms with Crippen LogP contribution in [-0.4, -0.2) is 25.1 Å². The molecule has 8 heteroatoms. The number of nitrogens with one attached hydrogen (secondary N) is 1. The minimum absolute atomic E-state index is 0.125. The van der Waals surface area contributed by atoms with Crippen LogP contribution in [0.2, 0.25) is 0 Å². The molecule has 0 aromatic carbocycles. The zero-order valence-corrected chi connectivity index (χ0v) is 13.2. The van der Waals surface area contributed by atoms with Crippen molar-refractivity contribution in [2.24, 2.45) is 5.41 Å². The van der Waals surface area contributed by atoms with Crippen molar-refractivity contribution >= 4 is 17.1 Å². The molecule has 0 bridgehead atoms. The molecule has 2 aromatic rings. The van der Waals surface area contributed by atoms with E-state index in [4.69, 9.17) is 4.74 Å². The lowest BCUT2D eigenvalue weighted by molar-refractivity contribution is -0.156. The standard InChI is InChI=1S/C14H20N4O4/c1-5-6-18-11(19)9-10(16-13(18)21)15-7-17(9)8-22-12(20)14(2,3)4/h7H,5-6,8H2,1-4H3,(H,16,21). The Kier molecular flexibility index (Phi) is 4.20. The van der Waals surface area contributed by atoms with Crippen molar-refractivity contribution in [2.45, 2.75) is 47.4 Å². The van der Waals surface area contributed by atoms with E-state index in [9.17, 15) is 14.4 Å². The first kappa shape index (κ1) is 16.0. The van der Waals surface area contributed by atoms with Crippen LogP contribution < -0.4 is 11.2 Å². The van der Waals surface area contributed by atoms with Crippen LogP contribution in [0.5, 0.6) is 0 Å². The van der Waals surface area contributed by atoms with Crippen LogP contribution >= 0.6 is 0 Å². The fourth-order valence-corrected chi connectivity index (χ4v) is 1.96. The molecule has 0 saturated carbocycles. The summed E-state index contributed by atoms with van der Waals surface area (Å²) in [5.74, 6) is -0.382. The van der Waals surface area contributed by atoms with Crippen LogP contribution in [0.1, 0.15) is 34.1 Å². The molecular formula is C14H20N4O4. The number of aromatic nitrogens is 4. The predicted octanol–water partition coefficient (Wildman–Crippen LogP) is 0.843. The number of carbonyl (C=O) groups excluding carboxylic acids is 1. The summed E-state index contributed by atoms with van der Waals surface area (Å²) in [5.41, 5.74) is -1.15. The molecule has 0 saturated heterocycles. The molecule has 8 nitrogen and oxygen atoms in total. The zero-order valence-electron chi connectivity index (χ0n) is 13.2. The van der Waals surface area contributed by atoms with Gasteiger partial charge in [0.2, 0.25) is 0 Å². The number of fused-ring (bicyclic) bond motifs is 1. The van der Waals surface area contributed by atoms with Crippen molar-refractivity contribution in [1.29, 1.82) is 0 Å². The Bertz CT molecular complexity index is 807. The van der Waals surface area contributed by atoms with Gasteiger partial charge in [-0.05, 0) is 27.2 Å². The molecule has 0 unspecified atom stereocenters. The van der Waals surface area contributed by atoms with E-state index in [2.05, 4.69) is 9.97 Å². The van der Waals surface area contributed by atoms with Crippen LogP contribution in [0.25, 0.3) is 11.2 Å². The molecule has 0 spiro atoms. The van der Waals surface area contributed by atoms with Gasteiger partial charge in [-0.3, -0.25) is 23.7 Å². The highest BCUT2D eigenvalue weighted by molar-refractivity contribution is 5.75. The van der Waals surface area contributed by atoms with Gasteiger partial charge in [-0.15, -0.1) is 0 Å². The van der Waals surface area contributed by atoms with E-state index in [1.165, 1.54) is 10.9 Å². The van der Waals surface area contributed by atoms with Crippen molar-refractivity contribution < 1.29 is 9.53 Å². The van der Waals surface area contributed by atoms with E-state index in [0.29, 0.717) is 13.0 Å². The number of carbonyl (C=O) groups is 1. The molecule has 0 fully saturated rings. The third-order valence-corrected chi connectivity index (χ3v) is 3.15. The molecule has 2 rings (SSSR count). The Balaban J connectivity index is 2.40. The maximum absolute atomic E-state index is 12.4. The van der Waals surface area contributed by atoms with Crippen molar-refractivity contribution in [1.82, 2.24) is 19.1 Å². The Morgan fingerprint density at radius 1 is 1.36 bits per heavy atom. The third kappa shape index (κ3) is 2.95. The first-order chi connectivity index (χ1) is 10.3. The number of ether oxygens (including phenoxy) is 1. The molecule has 22 heavy (non-hydrogen) atoms. The summed E-state index contributed by atoms with van der Waals surface area (Å²) < 4.78 is 7.73. The van der Waals surface area contributed by atoms with Gasteiger partial charge in [0.15, 0.2) is 17.9 Å². The second kappa shape index (κ2) is 5.78. The van der Waals surface area contributed by atoms with Gasteiger partial charge in [-0.1, -0.05) is 6.92 Å². The van der Waals surface area contributed by atoms with Crippen LogP contribution in [-0.2, 0) is 22.8 Å². The van der Waals surface area contributed by atoms with Crippen molar-refractivity contribution in [3.63, 3.8) is 0 Å². The normalized spacial score (nSPS) is 11.8. The average Bonchev–Trinajstić information content (AvgIpc) is 2.82. The summed E-state index contributed by atoms with van der Waals surface area (Å²) in [4.78, 5) is 42.6. The number of imidazole rings is 1. The summed E-state index contributed by atoms with van der Waals surface area (Å²) in [6.07, 6.45) is 2.02. The maximum Gasteiger partial charge on any atom is 0.330 e. The van der Waals surface area contributed by atoms with Crippen LogP contribution in [0.3, 0.4) is 0 Å². The zero-order chi connectivity index (χ0) is 16.5. The molecular weight excluding hydrogens is 288 g/mol. The minimum Gasteiger partial charge on any atom is -0.443 e. The molecule has 0 aliphatic heterocycles. The number of hydrogen-bond donors (Lipinski definition) is 1. The third-order valence-electron chi connectivity index (χ3n) is 3.15. The van der Waals surface area contributed by atoms with Crippen molar-refractivity contribution in [3.05, 3.63) is 27.2 Å². The molecule has 0 atom stereocenters. The van der Waals surface area contributed by atoms with Crippen LogP contribution in [0.15, 0.2) is 15.9 Å². The first-order valence-corrected chi connectivity index (χ1v) is 7.11. The quantitative estimate of drug-likeness (QED) is 0.844.